The molecule has 3 aromatic rings. The quantitative estimate of drug-likeness (QED) is 0.269. The summed E-state index contributed by atoms with van der Waals surface area (Å²) in [7, 11) is 0. The van der Waals surface area contributed by atoms with Crippen LogP contribution in [0.3, 0.4) is 0 Å². The third-order valence-corrected chi connectivity index (χ3v) is 4.07. The van der Waals surface area contributed by atoms with Crippen LogP contribution in [-0.4, -0.2) is 24.9 Å². The van der Waals surface area contributed by atoms with Crippen molar-refractivity contribution in [1.82, 2.24) is 0 Å². The first kappa shape index (κ1) is 24.5. The fourth-order valence-electron chi connectivity index (χ4n) is 2.73. The number of benzene rings is 3. The Kier molecular flexibility index (Phi) is 10.1. The van der Waals surface area contributed by atoms with Crippen LogP contribution < -0.4 is 44.1 Å². The van der Waals surface area contributed by atoms with Crippen LogP contribution in [0.4, 0.5) is 0 Å². The van der Waals surface area contributed by atoms with E-state index >= 15 is 0 Å². The molecule has 0 aliphatic heterocycles. The van der Waals surface area contributed by atoms with Crippen LogP contribution in [0.1, 0.15) is 18.1 Å². The topological polar surface area (TPSA) is 80.2 Å². The summed E-state index contributed by atoms with van der Waals surface area (Å²) in [6.45, 7) is 2.41. The molecule has 0 atom stereocenters. The van der Waals surface area contributed by atoms with Crippen LogP contribution in [0, 0.1) is 0 Å². The van der Waals surface area contributed by atoms with Gasteiger partial charge >= 0.3 is 29.6 Å². The standard InChI is InChI=1S/C24H23NO5.Na/c1-2-29-25-23(17-28-21-12-6-8-18(14-21)15-24(26)27)19-9-7-13-22(16-19)30-20-10-4-3-5-11-20;/h3-14,16H,2,15,17H2,1H3,(H,26,27);/q;+1/p-1/b25-23+;. The van der Waals surface area contributed by atoms with E-state index in [9.17, 15) is 9.90 Å². The molecule has 0 heterocycles. The van der Waals surface area contributed by atoms with Crippen LogP contribution in [0.5, 0.6) is 17.2 Å². The van der Waals surface area contributed by atoms with Gasteiger partial charge in [-0.25, -0.2) is 0 Å². The van der Waals surface area contributed by atoms with Gasteiger partial charge in [-0.1, -0.05) is 47.6 Å². The number of carboxylic acid groups (broad SMARTS) is 1. The zero-order chi connectivity index (χ0) is 21.2. The Balaban J connectivity index is 0.00000341. The number of aliphatic carboxylic acids is 1. The van der Waals surface area contributed by atoms with Crippen molar-refractivity contribution in [1.29, 1.82) is 0 Å². The SMILES string of the molecule is CCO/N=C(\COc1cccc(CC(=O)[O-])c1)c1cccc(Oc2ccccc2)c1.[Na+]. The van der Waals surface area contributed by atoms with Gasteiger partial charge in [0.15, 0.2) is 0 Å². The first-order valence-corrected chi connectivity index (χ1v) is 9.58. The van der Waals surface area contributed by atoms with Gasteiger partial charge in [0.05, 0.1) is 0 Å². The van der Waals surface area contributed by atoms with E-state index in [4.69, 9.17) is 14.3 Å². The Hall–Kier alpha value is -2.80. The van der Waals surface area contributed by atoms with Gasteiger partial charge in [0.2, 0.25) is 0 Å². The largest absolute Gasteiger partial charge is 1.00 e. The van der Waals surface area contributed by atoms with Gasteiger partial charge in [0.1, 0.15) is 36.2 Å². The Bertz CT molecular complexity index is 1010. The summed E-state index contributed by atoms with van der Waals surface area (Å²) in [5.41, 5.74) is 1.98. The first-order chi connectivity index (χ1) is 14.6. The molecule has 0 saturated carbocycles. The number of carboxylic acids is 1. The van der Waals surface area contributed by atoms with Gasteiger partial charge in [0, 0.05) is 18.0 Å². The fourth-order valence-corrected chi connectivity index (χ4v) is 2.73. The molecule has 0 N–H and O–H groups in total. The van der Waals surface area contributed by atoms with Crippen LogP contribution in [-0.2, 0) is 16.1 Å². The van der Waals surface area contributed by atoms with E-state index < -0.39 is 5.97 Å². The molecule has 0 fully saturated rings. The van der Waals surface area contributed by atoms with Crippen molar-refractivity contribution in [3.05, 3.63) is 90.0 Å². The fraction of sp³-hybridized carbons (Fsp3) is 0.167. The van der Waals surface area contributed by atoms with Gasteiger partial charge in [-0.2, -0.15) is 0 Å². The Morgan fingerprint density at radius 3 is 2.35 bits per heavy atom. The number of rotatable bonds is 10. The molecular formula is C24H22NNaO5. The molecule has 0 aliphatic rings. The summed E-state index contributed by atoms with van der Waals surface area (Å²) in [4.78, 5) is 16.1. The smallest absolute Gasteiger partial charge is 0.550 e. The molecular weight excluding hydrogens is 405 g/mol. The van der Waals surface area contributed by atoms with Crippen molar-refractivity contribution in [2.45, 2.75) is 13.3 Å². The van der Waals surface area contributed by atoms with Gasteiger partial charge in [0.25, 0.3) is 0 Å². The minimum Gasteiger partial charge on any atom is -0.550 e. The summed E-state index contributed by atoms with van der Waals surface area (Å²) in [6.07, 6.45) is -0.171. The van der Waals surface area contributed by atoms with Crippen LogP contribution in [0.2, 0.25) is 0 Å². The predicted octanol–water partition coefficient (Wildman–Crippen LogP) is 0.595. The Morgan fingerprint density at radius 2 is 1.61 bits per heavy atom. The zero-order valence-electron chi connectivity index (χ0n) is 17.6. The second kappa shape index (κ2) is 12.8. The van der Waals surface area contributed by atoms with Crippen molar-refractivity contribution >= 4 is 11.7 Å². The second-order valence-corrected chi connectivity index (χ2v) is 6.38. The van der Waals surface area contributed by atoms with Crippen molar-refractivity contribution in [3.63, 3.8) is 0 Å². The molecule has 0 aromatic heterocycles. The van der Waals surface area contributed by atoms with Gasteiger partial charge in [-0.15, -0.1) is 0 Å². The van der Waals surface area contributed by atoms with Crippen LogP contribution in [0.25, 0.3) is 0 Å². The number of carbonyl (C=O) groups excluding carboxylic acids is 1. The number of carbonyl (C=O) groups is 1. The molecule has 0 bridgehead atoms. The first-order valence-electron chi connectivity index (χ1n) is 9.58. The Morgan fingerprint density at radius 1 is 0.903 bits per heavy atom. The van der Waals surface area contributed by atoms with Crippen molar-refractivity contribution in [2.24, 2.45) is 5.16 Å². The molecule has 0 radical (unpaired) electrons. The molecule has 3 rings (SSSR count). The maximum absolute atomic E-state index is 10.8. The van der Waals surface area contributed by atoms with E-state index in [1.54, 1.807) is 24.3 Å². The zero-order valence-corrected chi connectivity index (χ0v) is 19.6. The summed E-state index contributed by atoms with van der Waals surface area (Å²) < 4.78 is 11.7. The summed E-state index contributed by atoms with van der Waals surface area (Å²) in [6, 6.07) is 23.9. The predicted molar refractivity (Wildman–Crippen MR) is 112 cm³/mol. The van der Waals surface area contributed by atoms with Crippen molar-refractivity contribution < 1.29 is 53.8 Å². The van der Waals surface area contributed by atoms with E-state index in [1.807, 2.05) is 61.5 Å². The molecule has 0 aliphatic carbocycles. The number of para-hydroxylation sites is 1. The average Bonchev–Trinajstić information content (AvgIpc) is 2.74. The van der Waals surface area contributed by atoms with E-state index in [2.05, 4.69) is 5.16 Å². The number of ether oxygens (including phenoxy) is 2. The number of hydrogen-bond acceptors (Lipinski definition) is 6. The summed E-state index contributed by atoms with van der Waals surface area (Å²) >= 11 is 0. The van der Waals surface area contributed by atoms with Gasteiger partial charge in [-0.05, 0) is 48.9 Å². The van der Waals surface area contributed by atoms with Crippen LogP contribution in [0.15, 0.2) is 84.0 Å². The van der Waals surface area contributed by atoms with E-state index in [0.29, 0.717) is 29.4 Å². The maximum Gasteiger partial charge on any atom is 1.00 e. The molecule has 6 nitrogen and oxygen atoms in total. The molecule has 7 heteroatoms. The minimum atomic E-state index is -1.14. The monoisotopic (exact) mass is 427 g/mol. The number of nitrogens with zero attached hydrogens (tertiary/aromatic N) is 1. The molecule has 0 spiro atoms. The van der Waals surface area contributed by atoms with Crippen molar-refractivity contribution in [3.8, 4) is 17.2 Å². The summed E-state index contributed by atoms with van der Waals surface area (Å²) in [5, 5.41) is 15.0. The van der Waals surface area contributed by atoms with E-state index in [1.165, 1.54) is 0 Å². The Labute approximate surface area is 203 Å². The van der Waals surface area contributed by atoms with Gasteiger partial charge < -0.3 is 24.2 Å². The van der Waals surface area contributed by atoms with Crippen molar-refractivity contribution in [2.75, 3.05) is 13.2 Å². The number of hydrogen-bond donors (Lipinski definition) is 0. The molecule has 31 heavy (non-hydrogen) atoms. The average molecular weight is 427 g/mol. The molecule has 154 valence electrons. The third-order valence-electron chi connectivity index (χ3n) is 4.07. The molecule has 0 saturated heterocycles. The normalized spacial score (nSPS) is 10.7. The van der Waals surface area contributed by atoms with Gasteiger partial charge in [-0.3, -0.25) is 0 Å². The van der Waals surface area contributed by atoms with E-state index in [0.717, 1.165) is 11.3 Å². The molecule has 0 unspecified atom stereocenters. The third kappa shape index (κ3) is 8.09. The van der Waals surface area contributed by atoms with E-state index in [-0.39, 0.29) is 42.6 Å². The maximum atomic E-state index is 10.8. The molecule has 3 aromatic carbocycles. The second-order valence-electron chi connectivity index (χ2n) is 6.38. The summed E-state index contributed by atoms with van der Waals surface area (Å²) in [5.74, 6) is 0.799. The number of oxime groups is 1. The molecule has 0 amide bonds. The minimum absolute atomic E-state index is 0. The van der Waals surface area contributed by atoms with Crippen LogP contribution >= 0.6 is 0 Å².